The van der Waals surface area contributed by atoms with E-state index in [2.05, 4.69) is 50.3 Å². The lowest BCUT2D eigenvalue weighted by Gasteiger charge is -2.53. The fourth-order valence-corrected chi connectivity index (χ4v) is 11.2. The first-order valence-corrected chi connectivity index (χ1v) is 20.8. The van der Waals surface area contributed by atoms with Gasteiger partial charge in [0.05, 0.1) is 25.5 Å². The fourth-order valence-electron chi connectivity index (χ4n) is 9.88. The maximum absolute atomic E-state index is 13.4. The van der Waals surface area contributed by atoms with Crippen molar-refractivity contribution in [2.24, 2.45) is 22.1 Å². The van der Waals surface area contributed by atoms with Crippen molar-refractivity contribution in [2.75, 3.05) is 83.4 Å². The van der Waals surface area contributed by atoms with E-state index in [1.165, 1.54) is 11.1 Å². The number of halogens is 1. The van der Waals surface area contributed by atoms with Gasteiger partial charge in [0.25, 0.3) is 5.91 Å². The topological polar surface area (TPSA) is 83.9 Å². The average Bonchev–Trinajstić information content (AvgIpc) is 3.26. The molecule has 4 aliphatic heterocycles. The predicted molar refractivity (Wildman–Crippen MR) is 203 cm³/mol. The number of piperazine rings is 1. The second-order valence-corrected chi connectivity index (χ2v) is 17.8. The third-order valence-corrected chi connectivity index (χ3v) is 14.3. The number of amides is 1. The van der Waals surface area contributed by atoms with Gasteiger partial charge in [-0.3, -0.25) is 18.8 Å². The summed E-state index contributed by atoms with van der Waals surface area (Å²) in [4.78, 5) is 21.1. The number of fused-ring (bicyclic) bond motifs is 5. The second kappa shape index (κ2) is 14.7. The molecule has 9 nitrogen and oxygen atoms in total. The van der Waals surface area contributed by atoms with E-state index in [1.54, 1.807) is 6.07 Å². The second-order valence-electron chi connectivity index (χ2n) is 16.1. The molecule has 0 aromatic heterocycles. The van der Waals surface area contributed by atoms with Gasteiger partial charge in [-0.25, -0.2) is 0 Å². The molecule has 1 spiro atoms. The van der Waals surface area contributed by atoms with E-state index in [1.807, 2.05) is 25.3 Å². The van der Waals surface area contributed by atoms with E-state index in [4.69, 9.17) is 25.8 Å². The van der Waals surface area contributed by atoms with Crippen LogP contribution in [0.3, 0.4) is 0 Å². The Bertz CT molecular complexity index is 1750. The van der Waals surface area contributed by atoms with Crippen LogP contribution < -0.4 is 9.64 Å². The normalized spacial score (nSPS) is 35.6. The number of allylic oxidation sites excluding steroid dienone is 1. The Morgan fingerprint density at radius 3 is 2.86 bits per heavy atom. The van der Waals surface area contributed by atoms with Gasteiger partial charge in [-0.05, 0) is 97.7 Å². The van der Waals surface area contributed by atoms with Crippen molar-refractivity contribution in [2.45, 2.75) is 62.5 Å². The van der Waals surface area contributed by atoms with Crippen molar-refractivity contribution in [1.29, 1.82) is 0 Å². The van der Waals surface area contributed by atoms with Crippen molar-refractivity contribution in [1.82, 2.24) is 9.80 Å². The third-order valence-electron chi connectivity index (χ3n) is 12.8. The van der Waals surface area contributed by atoms with Crippen molar-refractivity contribution in [3.63, 3.8) is 0 Å². The molecule has 2 aliphatic carbocycles. The van der Waals surface area contributed by atoms with Crippen LogP contribution in [0.25, 0.3) is 0 Å². The number of anilines is 1. The number of benzene rings is 2. The van der Waals surface area contributed by atoms with Crippen LogP contribution in [0.2, 0.25) is 5.02 Å². The van der Waals surface area contributed by atoms with Crippen LogP contribution in [0, 0.1) is 17.8 Å². The summed E-state index contributed by atoms with van der Waals surface area (Å²) in [6, 6.07) is 12.4. The van der Waals surface area contributed by atoms with E-state index in [9.17, 15) is 9.00 Å². The molecule has 11 heteroatoms. The first-order chi connectivity index (χ1) is 24.7. The first-order valence-electron chi connectivity index (χ1n) is 19.0. The summed E-state index contributed by atoms with van der Waals surface area (Å²) in [5, 5.41) is 0.770. The lowest BCUT2D eigenvalue weighted by atomic mass is 9.63. The molecule has 2 aromatic rings. The highest BCUT2D eigenvalue weighted by atomic mass is 35.5. The van der Waals surface area contributed by atoms with Gasteiger partial charge in [-0.1, -0.05) is 36.7 Å². The standard InChI is InChI=1S/C40H53ClN4O5S/c1-28-5-3-14-40(48-2,26-43-15-16-44-17-18-49-23-33(44)22-43)35-10-7-31(35)21-45-25-39(13-4-6-29-19-32(41)9-11-34(29)39)27-50-37-12-8-30(20-36(37)45)38(46)42-51(47)24-28/h3,8-9,11-12,14,19-20,28,31,33,35,51H,4-7,10,13,15-18,21-27H2,1-2H3/b14-3+/t28-,31-,33-,35+,39-,40-/m0/s1. The zero-order valence-corrected chi connectivity index (χ0v) is 31.8. The smallest absolute Gasteiger partial charge is 0.284 e. The molecule has 51 heavy (non-hydrogen) atoms. The molecule has 0 N–H and O–H groups in total. The molecular formula is C40H53ClN4O5S. The fraction of sp³-hybridized carbons (Fsp3) is 0.625. The Morgan fingerprint density at radius 1 is 1.12 bits per heavy atom. The number of nitrogens with zero attached hydrogens (tertiary/aromatic N) is 4. The van der Waals surface area contributed by atoms with E-state index in [0.29, 0.717) is 35.8 Å². The van der Waals surface area contributed by atoms with Gasteiger partial charge in [-0.2, -0.15) is 4.36 Å². The van der Waals surface area contributed by atoms with E-state index in [-0.39, 0.29) is 11.3 Å². The number of hydrogen-bond acceptors (Lipinski definition) is 8. The quantitative estimate of drug-likeness (QED) is 0.321. The van der Waals surface area contributed by atoms with Crippen LogP contribution in [-0.2, 0) is 31.9 Å². The summed E-state index contributed by atoms with van der Waals surface area (Å²) in [6.07, 6.45) is 10.6. The molecule has 3 fully saturated rings. The van der Waals surface area contributed by atoms with Crippen LogP contribution in [0.15, 0.2) is 52.9 Å². The van der Waals surface area contributed by atoms with Crippen LogP contribution in [-0.4, -0.2) is 110 Å². The molecule has 0 radical (unpaired) electrons. The summed E-state index contributed by atoms with van der Waals surface area (Å²) < 4.78 is 36.7. The molecule has 1 unspecified atom stereocenters. The molecule has 1 amide bonds. The van der Waals surface area contributed by atoms with Gasteiger partial charge < -0.3 is 19.1 Å². The highest BCUT2D eigenvalue weighted by Crippen LogP contribution is 2.49. The highest BCUT2D eigenvalue weighted by Gasteiger charge is 2.50. The van der Waals surface area contributed by atoms with Crippen LogP contribution in [0.4, 0.5) is 5.69 Å². The van der Waals surface area contributed by atoms with Crippen molar-refractivity contribution >= 4 is 33.8 Å². The molecular weight excluding hydrogens is 684 g/mol. The van der Waals surface area contributed by atoms with E-state index in [0.717, 1.165) is 114 Å². The number of rotatable bonds is 3. The average molecular weight is 737 g/mol. The monoisotopic (exact) mass is 736 g/mol. The Morgan fingerprint density at radius 2 is 2.02 bits per heavy atom. The molecule has 2 bridgehead atoms. The summed E-state index contributed by atoms with van der Waals surface area (Å²) in [7, 11) is -0.150. The minimum atomic E-state index is -2.04. The minimum absolute atomic E-state index is 0.115. The summed E-state index contributed by atoms with van der Waals surface area (Å²) >= 11 is 6.51. The largest absolute Gasteiger partial charge is 0.490 e. The Hall–Kier alpha value is -2.47. The Kier molecular flexibility index (Phi) is 10.3. The molecule has 8 rings (SSSR count). The lowest BCUT2D eigenvalue weighted by Crippen LogP contribution is -2.62. The summed E-state index contributed by atoms with van der Waals surface area (Å²) in [5.74, 6) is 1.55. The number of aryl methyl sites for hydroxylation is 1. The summed E-state index contributed by atoms with van der Waals surface area (Å²) in [6.45, 7) is 10.8. The van der Waals surface area contributed by atoms with E-state index < -0.39 is 22.1 Å². The van der Waals surface area contributed by atoms with E-state index >= 15 is 0 Å². The predicted octanol–water partition coefficient (Wildman–Crippen LogP) is 5.64. The number of morpholine rings is 1. The zero-order valence-electron chi connectivity index (χ0n) is 30.1. The third kappa shape index (κ3) is 7.13. The van der Waals surface area contributed by atoms with Crippen molar-refractivity contribution in [3.05, 3.63) is 70.3 Å². The molecule has 2 aromatic carbocycles. The minimum Gasteiger partial charge on any atom is -0.490 e. The van der Waals surface area contributed by atoms with Gasteiger partial charge in [0.15, 0.2) is 0 Å². The molecule has 1 saturated carbocycles. The molecule has 276 valence electrons. The number of hydrogen-bond donors (Lipinski definition) is 1. The van der Waals surface area contributed by atoms with Crippen molar-refractivity contribution < 1.29 is 23.2 Å². The highest BCUT2D eigenvalue weighted by molar-refractivity contribution is 7.75. The maximum atomic E-state index is 13.4. The van der Waals surface area contributed by atoms with Gasteiger partial charge in [0, 0.05) is 91.3 Å². The molecule has 7 atom stereocenters. The molecule has 6 aliphatic rings. The Labute approximate surface area is 309 Å². The number of methoxy groups -OCH3 is 1. The molecule has 2 saturated heterocycles. The lowest BCUT2D eigenvalue weighted by molar-refractivity contribution is -0.108. The number of carbonyl (C=O) groups excluding carboxylic acids is 1. The van der Waals surface area contributed by atoms with Gasteiger partial charge >= 0.3 is 0 Å². The van der Waals surface area contributed by atoms with Crippen LogP contribution in [0.1, 0.15) is 60.5 Å². The molecule has 4 heterocycles. The maximum Gasteiger partial charge on any atom is 0.284 e. The number of carbonyl (C=O) groups is 1. The van der Waals surface area contributed by atoms with Crippen LogP contribution in [0.5, 0.6) is 5.75 Å². The van der Waals surface area contributed by atoms with Crippen molar-refractivity contribution in [3.8, 4) is 5.75 Å². The Balaban J connectivity index is 1.17. The SMILES string of the molecule is CO[C@]1(CN2CCN3CCOC[C@@H]3C2)/C=C/C[C@H](C)C/[SH](=O)=N\C(=O)c2ccc3c(c2)N(C[C@@H]2CC[C@H]21)C[C@@]1(CCCc2cc(Cl)ccc21)CO3. The zero-order chi connectivity index (χ0) is 35.2. The first kappa shape index (κ1) is 35.6. The van der Waals surface area contributed by atoms with Crippen LogP contribution >= 0.6 is 11.6 Å². The summed E-state index contributed by atoms with van der Waals surface area (Å²) in [5.41, 5.74) is 3.32. The van der Waals surface area contributed by atoms with Gasteiger partial charge in [0.1, 0.15) is 11.4 Å². The van der Waals surface area contributed by atoms with Gasteiger partial charge in [0.2, 0.25) is 0 Å². The van der Waals surface area contributed by atoms with Gasteiger partial charge in [-0.15, -0.1) is 0 Å². The number of thiol groups is 1. The number of ether oxygens (including phenoxy) is 3.